The third-order valence-electron chi connectivity index (χ3n) is 13.9. The van der Waals surface area contributed by atoms with Gasteiger partial charge in [-0.15, -0.1) is 0 Å². The molecule has 3 aromatic carbocycles. The second-order valence-corrected chi connectivity index (χ2v) is 18.7. The van der Waals surface area contributed by atoms with Crippen molar-refractivity contribution in [3.05, 3.63) is 83.6 Å². The standard InChI is InChI=1S/C49H58N8O6/c1-27(2)41(54-47(60)62-5)45(58)56-21-7-9-39(56)43-50-26-38(53-43)30-13-11-29(12-14-30)32-16-17-33(35-25-49(19-20-49)24-34(32)35)31-15-18-36-37(23-31)52-44(51-36)40-10-8-22-57(40)46(59)42(28(3)4)55-48(61)63-6/h11-18,23,26-28,39-42H,7-10,19-22,24-25H2,1-6H3,(H,50,53)(H,51,52)(H,54,60)(H,55,61)/t39-,40?,41?,42+/m0/s1. The van der Waals surface area contributed by atoms with E-state index in [-0.39, 0.29) is 35.7 Å². The maximum Gasteiger partial charge on any atom is 0.407 e. The maximum atomic E-state index is 13.8. The van der Waals surface area contributed by atoms with E-state index in [0.29, 0.717) is 18.5 Å². The van der Waals surface area contributed by atoms with Gasteiger partial charge in [-0.25, -0.2) is 19.6 Å². The van der Waals surface area contributed by atoms with Crippen LogP contribution in [0.2, 0.25) is 0 Å². The van der Waals surface area contributed by atoms with Crippen LogP contribution in [0.4, 0.5) is 9.59 Å². The van der Waals surface area contributed by atoms with E-state index in [1.54, 1.807) is 0 Å². The maximum absolute atomic E-state index is 13.8. The van der Waals surface area contributed by atoms with Crippen molar-refractivity contribution in [1.29, 1.82) is 0 Å². The molecular weight excluding hydrogens is 797 g/mol. The summed E-state index contributed by atoms with van der Waals surface area (Å²) in [4.78, 5) is 72.1. The molecule has 2 aromatic heterocycles. The highest BCUT2D eigenvalue weighted by atomic mass is 16.5. The largest absolute Gasteiger partial charge is 0.453 e. The Balaban J connectivity index is 0.944. The zero-order chi connectivity index (χ0) is 44.2. The van der Waals surface area contributed by atoms with E-state index in [1.165, 1.54) is 54.9 Å². The quantitative estimate of drug-likeness (QED) is 0.103. The summed E-state index contributed by atoms with van der Waals surface area (Å²) in [6.45, 7) is 8.88. The minimum absolute atomic E-state index is 0.103. The molecule has 5 aromatic rings. The number of nitrogens with one attached hydrogen (secondary N) is 4. The smallest absolute Gasteiger partial charge is 0.407 e. The van der Waals surface area contributed by atoms with E-state index in [4.69, 9.17) is 19.4 Å². The normalized spacial score (nSPS) is 19.7. The van der Waals surface area contributed by atoms with Gasteiger partial charge < -0.3 is 39.9 Å². The second kappa shape index (κ2) is 16.8. The van der Waals surface area contributed by atoms with Crippen molar-refractivity contribution in [2.75, 3.05) is 27.3 Å². The number of carbonyl (C=O) groups is 4. The first-order valence-corrected chi connectivity index (χ1v) is 22.5. The van der Waals surface area contributed by atoms with Crippen molar-refractivity contribution >= 4 is 35.0 Å². The molecule has 0 radical (unpaired) electrons. The average molecular weight is 855 g/mol. The third kappa shape index (κ3) is 8.04. The lowest BCUT2D eigenvalue weighted by atomic mass is 9.90. The number of likely N-dealkylation sites (tertiary alicyclic amines) is 2. The fourth-order valence-corrected chi connectivity index (χ4v) is 10.2. The van der Waals surface area contributed by atoms with Crippen molar-refractivity contribution in [2.45, 2.75) is 103 Å². The molecule has 14 nitrogen and oxygen atoms in total. The first-order valence-electron chi connectivity index (χ1n) is 22.5. The summed E-state index contributed by atoms with van der Waals surface area (Å²) in [7, 11) is 2.61. The van der Waals surface area contributed by atoms with Crippen LogP contribution < -0.4 is 10.6 Å². The number of carbonyl (C=O) groups excluding carboxylic acids is 4. The van der Waals surface area contributed by atoms with Crippen LogP contribution in [0.5, 0.6) is 0 Å². The van der Waals surface area contributed by atoms with Crippen LogP contribution in [0, 0.1) is 17.3 Å². The Morgan fingerprint density at radius 1 is 0.698 bits per heavy atom. The highest BCUT2D eigenvalue weighted by molar-refractivity contribution is 5.88. The van der Waals surface area contributed by atoms with Gasteiger partial charge in [0, 0.05) is 13.1 Å². The molecule has 1 spiro atoms. The summed E-state index contributed by atoms with van der Waals surface area (Å²) in [6.07, 6.45) is 8.55. The van der Waals surface area contributed by atoms with Crippen LogP contribution in [0.15, 0.2) is 60.8 Å². The predicted octanol–water partition coefficient (Wildman–Crippen LogP) is 8.25. The summed E-state index contributed by atoms with van der Waals surface area (Å²) in [6, 6.07) is 17.9. The number of ether oxygens (including phenoxy) is 2. The number of hydrogen-bond donors (Lipinski definition) is 4. The number of methoxy groups -OCH3 is 2. The van der Waals surface area contributed by atoms with E-state index < -0.39 is 24.3 Å². The molecule has 2 unspecified atom stereocenters. The number of aromatic amines is 2. The fourth-order valence-electron chi connectivity index (χ4n) is 10.2. The van der Waals surface area contributed by atoms with Gasteiger partial charge in [0.1, 0.15) is 23.7 Å². The molecule has 3 fully saturated rings. The molecular formula is C49H58N8O6. The number of benzene rings is 3. The number of alkyl carbamates (subject to hydrolysis) is 2. The Labute approximate surface area is 367 Å². The van der Waals surface area contributed by atoms with Crippen LogP contribution in [-0.4, -0.2) is 93.1 Å². The number of hydrogen-bond acceptors (Lipinski definition) is 8. The first-order chi connectivity index (χ1) is 30.4. The van der Waals surface area contributed by atoms with Gasteiger partial charge in [0.05, 0.1) is 49.2 Å². The molecule has 9 rings (SSSR count). The van der Waals surface area contributed by atoms with Crippen LogP contribution in [0.25, 0.3) is 44.5 Å². The number of rotatable bonds is 11. The van der Waals surface area contributed by atoms with Crippen LogP contribution in [0.1, 0.15) is 101 Å². The molecule has 330 valence electrons. The van der Waals surface area contributed by atoms with Crippen LogP contribution in [-0.2, 0) is 31.9 Å². The Bertz CT molecular complexity index is 2560. The molecule has 1 saturated carbocycles. The van der Waals surface area contributed by atoms with Crippen molar-refractivity contribution in [1.82, 2.24) is 40.4 Å². The number of H-pyrrole nitrogens is 2. The zero-order valence-corrected chi connectivity index (χ0v) is 37.0. The SMILES string of the molecule is COC(=O)NC(C(=O)N1CCC[C@H]1c1ncc(-c2ccc(-c3ccc(-c4ccc5nc(C6CCCN6C(=O)[C@H](NC(=O)OC)C(C)C)[nH]c5c4)c4c3CC3(CC3)C4)cc2)[nH]1)C(C)C. The van der Waals surface area contributed by atoms with E-state index in [0.717, 1.165) is 78.0 Å². The number of aromatic nitrogens is 4. The molecule has 2 saturated heterocycles. The van der Waals surface area contributed by atoms with E-state index in [2.05, 4.69) is 75.2 Å². The number of imidazole rings is 2. The van der Waals surface area contributed by atoms with Gasteiger partial charge >= 0.3 is 12.2 Å². The van der Waals surface area contributed by atoms with Crippen molar-refractivity contribution in [3.8, 4) is 33.5 Å². The van der Waals surface area contributed by atoms with Crippen molar-refractivity contribution < 1.29 is 28.7 Å². The molecule has 4 N–H and O–H groups in total. The second-order valence-electron chi connectivity index (χ2n) is 18.7. The minimum Gasteiger partial charge on any atom is -0.453 e. The third-order valence-corrected chi connectivity index (χ3v) is 13.9. The molecule has 4 heterocycles. The Hall–Kier alpha value is -6.18. The summed E-state index contributed by atoms with van der Waals surface area (Å²) in [5.74, 6) is 1.05. The minimum atomic E-state index is -0.687. The molecule has 63 heavy (non-hydrogen) atoms. The molecule has 4 atom stereocenters. The lowest BCUT2D eigenvalue weighted by Gasteiger charge is -2.30. The van der Waals surface area contributed by atoms with Crippen LogP contribution >= 0.6 is 0 Å². The monoisotopic (exact) mass is 854 g/mol. The lowest BCUT2D eigenvalue weighted by Crippen LogP contribution is -2.51. The van der Waals surface area contributed by atoms with Gasteiger partial charge in [-0.2, -0.15) is 0 Å². The highest BCUT2D eigenvalue weighted by Crippen LogP contribution is 2.58. The average Bonchev–Trinajstić information content (AvgIpc) is 3.95. The van der Waals surface area contributed by atoms with Gasteiger partial charge in [-0.3, -0.25) is 9.59 Å². The predicted molar refractivity (Wildman–Crippen MR) is 239 cm³/mol. The Kier molecular flexibility index (Phi) is 11.3. The topological polar surface area (TPSA) is 175 Å². The number of nitrogens with zero attached hydrogens (tertiary/aromatic N) is 4. The molecule has 4 aliphatic rings. The molecule has 14 heteroatoms. The zero-order valence-electron chi connectivity index (χ0n) is 37.0. The van der Waals surface area contributed by atoms with Crippen molar-refractivity contribution in [3.63, 3.8) is 0 Å². The Morgan fingerprint density at radius 2 is 1.22 bits per heavy atom. The summed E-state index contributed by atoms with van der Waals surface area (Å²) >= 11 is 0. The summed E-state index contributed by atoms with van der Waals surface area (Å²) < 4.78 is 9.61. The number of amides is 4. The fraction of sp³-hybridized carbons (Fsp3) is 0.469. The van der Waals surface area contributed by atoms with Crippen molar-refractivity contribution in [2.24, 2.45) is 17.3 Å². The van der Waals surface area contributed by atoms with E-state index >= 15 is 0 Å². The highest BCUT2D eigenvalue weighted by Gasteiger charge is 2.48. The molecule has 0 bridgehead atoms. The number of fused-ring (bicyclic) bond motifs is 2. The Morgan fingerprint density at radius 3 is 1.76 bits per heavy atom. The van der Waals surface area contributed by atoms with Crippen LogP contribution in [0.3, 0.4) is 0 Å². The molecule has 4 amide bonds. The van der Waals surface area contributed by atoms with Gasteiger partial charge in [0.15, 0.2) is 0 Å². The van der Waals surface area contributed by atoms with E-state index in [1.807, 2.05) is 43.7 Å². The van der Waals surface area contributed by atoms with Gasteiger partial charge in [0.2, 0.25) is 11.8 Å². The van der Waals surface area contributed by atoms with E-state index in [9.17, 15) is 19.2 Å². The first kappa shape index (κ1) is 42.1. The molecule has 2 aliphatic heterocycles. The summed E-state index contributed by atoms with van der Waals surface area (Å²) in [5, 5.41) is 5.46. The van der Waals surface area contributed by atoms with Gasteiger partial charge in [0.25, 0.3) is 0 Å². The summed E-state index contributed by atoms with van der Waals surface area (Å²) in [5.41, 5.74) is 11.8. The lowest BCUT2D eigenvalue weighted by molar-refractivity contribution is -0.136. The van der Waals surface area contributed by atoms with Gasteiger partial charge in [-0.1, -0.05) is 70.2 Å². The molecule has 2 aliphatic carbocycles. The van der Waals surface area contributed by atoms with Gasteiger partial charge in [-0.05, 0) is 120 Å².